The first kappa shape index (κ1) is 13.0. The summed E-state index contributed by atoms with van der Waals surface area (Å²) in [5, 5.41) is 8.46. The summed E-state index contributed by atoms with van der Waals surface area (Å²) in [6, 6.07) is 0. The summed E-state index contributed by atoms with van der Waals surface area (Å²) in [4.78, 5) is 10.3. The van der Waals surface area contributed by atoms with Gasteiger partial charge in [0, 0.05) is 6.08 Å². The fraction of sp³-hybridized carbons (Fsp3) is 0.667. The van der Waals surface area contributed by atoms with Crippen molar-refractivity contribution >= 4 is 5.97 Å². The lowest BCUT2D eigenvalue weighted by molar-refractivity contribution is -0.139. The van der Waals surface area contributed by atoms with Crippen LogP contribution >= 0.6 is 0 Å². The van der Waals surface area contributed by atoms with Gasteiger partial charge in [0.25, 0.3) is 0 Å². The third-order valence-corrected chi connectivity index (χ3v) is 1.61. The Morgan fingerprint density at radius 2 is 1.86 bits per heavy atom. The van der Waals surface area contributed by atoms with E-state index in [4.69, 9.17) is 5.11 Å². The molecule has 0 aliphatic heterocycles. The molecule has 5 heteroatoms. The second-order valence-corrected chi connectivity index (χ2v) is 3.88. The van der Waals surface area contributed by atoms with Crippen molar-refractivity contribution in [2.75, 3.05) is 0 Å². The molecule has 0 amide bonds. The van der Waals surface area contributed by atoms with E-state index in [0.29, 0.717) is 0 Å². The Morgan fingerprint density at radius 3 is 2.21 bits per heavy atom. The van der Waals surface area contributed by atoms with E-state index in [0.717, 1.165) is 6.08 Å². The van der Waals surface area contributed by atoms with Gasteiger partial charge in [-0.25, -0.2) is 0 Å². The molecule has 0 saturated carbocycles. The molecule has 0 aromatic rings. The van der Waals surface area contributed by atoms with Crippen LogP contribution in [0.5, 0.6) is 0 Å². The van der Waals surface area contributed by atoms with E-state index in [1.807, 2.05) is 0 Å². The van der Waals surface area contributed by atoms with Gasteiger partial charge in [-0.1, -0.05) is 19.9 Å². The molecule has 0 saturated heterocycles. The highest BCUT2D eigenvalue weighted by atomic mass is 19.4. The average Bonchev–Trinajstić information content (AvgIpc) is 1.78. The summed E-state index contributed by atoms with van der Waals surface area (Å²) in [6.07, 6.45) is -3.27. The van der Waals surface area contributed by atoms with Crippen LogP contribution in [0.3, 0.4) is 0 Å². The van der Waals surface area contributed by atoms with Crippen molar-refractivity contribution < 1.29 is 23.1 Å². The van der Waals surface area contributed by atoms with E-state index in [2.05, 4.69) is 0 Å². The van der Waals surface area contributed by atoms with Crippen molar-refractivity contribution in [2.45, 2.75) is 32.9 Å². The van der Waals surface area contributed by atoms with Crippen LogP contribution in [0.1, 0.15) is 26.7 Å². The van der Waals surface area contributed by atoms with Gasteiger partial charge in [-0.05, 0) is 11.8 Å². The van der Waals surface area contributed by atoms with Gasteiger partial charge in [0.2, 0.25) is 0 Å². The quantitative estimate of drug-likeness (QED) is 0.724. The topological polar surface area (TPSA) is 37.3 Å². The number of carboxylic acids is 1. The van der Waals surface area contributed by atoms with Crippen molar-refractivity contribution in [3.05, 3.63) is 12.2 Å². The van der Waals surface area contributed by atoms with Gasteiger partial charge in [0.15, 0.2) is 0 Å². The first-order chi connectivity index (χ1) is 6.12. The third-order valence-electron chi connectivity index (χ3n) is 1.61. The van der Waals surface area contributed by atoms with Gasteiger partial charge in [-0.2, -0.15) is 13.2 Å². The van der Waals surface area contributed by atoms with Crippen LogP contribution in [-0.4, -0.2) is 17.3 Å². The molecular formula is C9H13F3O2. The summed E-state index contributed by atoms with van der Waals surface area (Å²) in [7, 11) is 0. The second kappa shape index (κ2) is 4.48. The standard InChI is InChI=1S/C9H13F3O2/c1-8(2,6-7(13)14)4-3-5-9(10,11)12/h3,5H,4,6H2,1-2H3,(H,13,14). The van der Waals surface area contributed by atoms with Gasteiger partial charge in [-0.15, -0.1) is 0 Å². The average molecular weight is 210 g/mol. The normalized spacial score (nSPS) is 13.5. The minimum Gasteiger partial charge on any atom is -0.481 e. The molecule has 0 radical (unpaired) electrons. The van der Waals surface area contributed by atoms with E-state index in [1.165, 1.54) is 0 Å². The first-order valence-corrected chi connectivity index (χ1v) is 4.09. The summed E-state index contributed by atoms with van der Waals surface area (Å²) in [5.74, 6) is -1.00. The number of carbonyl (C=O) groups is 1. The number of carboxylic acid groups (broad SMARTS) is 1. The molecule has 0 atom stereocenters. The Bertz CT molecular complexity index is 229. The minimum atomic E-state index is -4.32. The van der Waals surface area contributed by atoms with Crippen LogP contribution in [0, 0.1) is 5.41 Å². The highest BCUT2D eigenvalue weighted by molar-refractivity contribution is 5.67. The van der Waals surface area contributed by atoms with Crippen LogP contribution in [0.2, 0.25) is 0 Å². The van der Waals surface area contributed by atoms with E-state index in [1.54, 1.807) is 13.8 Å². The van der Waals surface area contributed by atoms with Gasteiger partial charge < -0.3 is 5.11 Å². The van der Waals surface area contributed by atoms with E-state index >= 15 is 0 Å². The maximum Gasteiger partial charge on any atom is 0.409 e. The van der Waals surface area contributed by atoms with Crippen molar-refractivity contribution in [1.82, 2.24) is 0 Å². The van der Waals surface area contributed by atoms with Crippen molar-refractivity contribution in [1.29, 1.82) is 0 Å². The maximum atomic E-state index is 11.7. The monoisotopic (exact) mass is 210 g/mol. The largest absolute Gasteiger partial charge is 0.481 e. The first-order valence-electron chi connectivity index (χ1n) is 4.09. The summed E-state index contributed by atoms with van der Waals surface area (Å²) in [5.41, 5.74) is -0.645. The number of allylic oxidation sites excluding steroid dienone is 2. The van der Waals surface area contributed by atoms with Gasteiger partial charge >= 0.3 is 12.1 Å². The number of aliphatic carboxylic acids is 1. The molecule has 0 rings (SSSR count). The number of hydrogen-bond donors (Lipinski definition) is 1. The zero-order chi connectivity index (χ0) is 11.4. The Morgan fingerprint density at radius 1 is 1.36 bits per heavy atom. The van der Waals surface area contributed by atoms with Gasteiger partial charge in [0.1, 0.15) is 0 Å². The lowest BCUT2D eigenvalue weighted by Crippen LogP contribution is -2.16. The van der Waals surface area contributed by atoms with Gasteiger partial charge in [-0.3, -0.25) is 4.79 Å². The molecule has 2 nitrogen and oxygen atoms in total. The molecule has 82 valence electrons. The van der Waals surface area contributed by atoms with E-state index in [9.17, 15) is 18.0 Å². The molecule has 0 spiro atoms. The van der Waals surface area contributed by atoms with Crippen LogP contribution in [-0.2, 0) is 4.79 Å². The Balaban J connectivity index is 4.11. The molecule has 0 fully saturated rings. The number of rotatable bonds is 4. The highest BCUT2D eigenvalue weighted by Crippen LogP contribution is 2.26. The summed E-state index contributed by atoms with van der Waals surface area (Å²) >= 11 is 0. The van der Waals surface area contributed by atoms with E-state index in [-0.39, 0.29) is 18.9 Å². The van der Waals surface area contributed by atoms with Gasteiger partial charge in [0.05, 0.1) is 6.42 Å². The number of halogens is 3. The lowest BCUT2D eigenvalue weighted by atomic mass is 9.85. The number of alkyl halides is 3. The molecule has 0 heterocycles. The Kier molecular flexibility index (Phi) is 4.16. The zero-order valence-electron chi connectivity index (χ0n) is 8.06. The zero-order valence-corrected chi connectivity index (χ0v) is 8.06. The molecule has 0 aromatic carbocycles. The third kappa shape index (κ3) is 7.64. The fourth-order valence-corrected chi connectivity index (χ4v) is 0.993. The smallest absolute Gasteiger partial charge is 0.409 e. The van der Waals surface area contributed by atoms with E-state index < -0.39 is 17.6 Å². The lowest BCUT2D eigenvalue weighted by Gasteiger charge is -2.19. The van der Waals surface area contributed by atoms with Crippen LogP contribution in [0.15, 0.2) is 12.2 Å². The second-order valence-electron chi connectivity index (χ2n) is 3.88. The molecule has 0 bridgehead atoms. The predicted molar refractivity (Wildman–Crippen MR) is 45.8 cm³/mol. The van der Waals surface area contributed by atoms with Crippen LogP contribution in [0.25, 0.3) is 0 Å². The van der Waals surface area contributed by atoms with Crippen molar-refractivity contribution in [2.24, 2.45) is 5.41 Å². The molecule has 1 N–H and O–H groups in total. The van der Waals surface area contributed by atoms with Crippen molar-refractivity contribution in [3.8, 4) is 0 Å². The minimum absolute atomic E-state index is 0.0960. The molecule has 14 heavy (non-hydrogen) atoms. The van der Waals surface area contributed by atoms with Crippen LogP contribution < -0.4 is 0 Å². The highest BCUT2D eigenvalue weighted by Gasteiger charge is 2.24. The van der Waals surface area contributed by atoms with Crippen LogP contribution in [0.4, 0.5) is 13.2 Å². The maximum absolute atomic E-state index is 11.7. The Labute approximate surface area is 80.4 Å². The van der Waals surface area contributed by atoms with Crippen molar-refractivity contribution in [3.63, 3.8) is 0 Å². The summed E-state index contributed by atoms with van der Waals surface area (Å²) in [6.45, 7) is 3.23. The number of hydrogen-bond acceptors (Lipinski definition) is 1. The molecule has 0 aliphatic rings. The predicted octanol–water partition coefficient (Wildman–Crippen LogP) is 3.00. The molecule has 0 aromatic heterocycles. The molecular weight excluding hydrogens is 197 g/mol. The SMILES string of the molecule is CC(C)(CC=CC(F)(F)F)CC(=O)O. The Hall–Kier alpha value is -1.00. The molecule has 0 aliphatic carbocycles. The fourth-order valence-electron chi connectivity index (χ4n) is 0.993. The molecule has 0 unspecified atom stereocenters. The summed E-state index contributed by atoms with van der Waals surface area (Å²) < 4.78 is 35.1.